The van der Waals surface area contributed by atoms with Gasteiger partial charge in [-0.2, -0.15) is 0 Å². The third-order valence-corrected chi connectivity index (χ3v) is 5.54. The maximum Gasteiger partial charge on any atom is 0.128 e. The van der Waals surface area contributed by atoms with Crippen molar-refractivity contribution >= 4 is 33.3 Å². The third-order valence-electron chi connectivity index (χ3n) is 3.31. The van der Waals surface area contributed by atoms with Crippen LogP contribution in [0, 0.1) is 0 Å². The Morgan fingerprint density at radius 3 is 3.21 bits per heavy atom. The fourth-order valence-electron chi connectivity index (χ4n) is 2.46. The van der Waals surface area contributed by atoms with Crippen molar-refractivity contribution < 1.29 is 4.52 Å². The summed E-state index contributed by atoms with van der Waals surface area (Å²) in [7, 11) is 0. The molecule has 3 heterocycles. The highest BCUT2D eigenvalue weighted by molar-refractivity contribution is 7.98. The van der Waals surface area contributed by atoms with E-state index in [1.54, 1.807) is 24.4 Å². The average Bonchev–Trinajstić information content (AvgIpc) is 3.12. The second kappa shape index (κ2) is 4.61. The first-order valence-electron chi connectivity index (χ1n) is 6.19. The van der Waals surface area contributed by atoms with Crippen LogP contribution in [0.5, 0.6) is 0 Å². The van der Waals surface area contributed by atoms with Gasteiger partial charge in [-0.25, -0.2) is 9.97 Å². The van der Waals surface area contributed by atoms with Crippen LogP contribution in [0.25, 0.3) is 10.2 Å². The molecule has 96 valence electrons. The zero-order valence-corrected chi connectivity index (χ0v) is 11.8. The molecule has 0 N–H and O–H groups in total. The summed E-state index contributed by atoms with van der Waals surface area (Å²) in [5.41, 5.74) is 2.42. The highest BCUT2D eigenvalue weighted by Crippen LogP contribution is 2.40. The van der Waals surface area contributed by atoms with Crippen LogP contribution in [0.3, 0.4) is 0 Å². The lowest BCUT2D eigenvalue weighted by atomic mass is 10.2. The molecule has 4 rings (SSSR count). The van der Waals surface area contributed by atoms with Crippen LogP contribution in [0.2, 0.25) is 0 Å². The van der Waals surface area contributed by atoms with Crippen LogP contribution in [-0.4, -0.2) is 15.1 Å². The van der Waals surface area contributed by atoms with E-state index in [4.69, 9.17) is 4.52 Å². The van der Waals surface area contributed by atoms with E-state index >= 15 is 0 Å². The molecule has 3 aromatic rings. The average molecular weight is 289 g/mol. The van der Waals surface area contributed by atoms with Gasteiger partial charge in [-0.3, -0.25) is 0 Å². The molecular weight excluding hydrogens is 278 g/mol. The number of aryl methyl sites for hydroxylation is 2. The number of rotatable bonds is 3. The molecule has 0 aromatic carbocycles. The largest absolute Gasteiger partial charge is 0.364 e. The molecule has 0 amide bonds. The molecule has 4 nitrogen and oxygen atoms in total. The molecule has 0 bridgehead atoms. The maximum atomic E-state index is 4.86. The van der Waals surface area contributed by atoms with E-state index in [9.17, 15) is 0 Å². The van der Waals surface area contributed by atoms with Gasteiger partial charge in [0.25, 0.3) is 0 Å². The Bertz CT molecular complexity index is 721. The first-order chi connectivity index (χ1) is 9.42. The van der Waals surface area contributed by atoms with Crippen LogP contribution in [0.4, 0.5) is 0 Å². The molecule has 0 saturated carbocycles. The van der Waals surface area contributed by atoms with Crippen molar-refractivity contribution in [3.8, 4) is 0 Å². The fraction of sp³-hybridized carbons (Fsp3) is 0.308. The molecule has 3 aromatic heterocycles. The molecule has 0 fully saturated rings. The van der Waals surface area contributed by atoms with Crippen molar-refractivity contribution in [1.29, 1.82) is 0 Å². The first-order valence-corrected chi connectivity index (χ1v) is 7.99. The molecule has 0 aliphatic heterocycles. The topological polar surface area (TPSA) is 51.8 Å². The zero-order chi connectivity index (χ0) is 12.7. The van der Waals surface area contributed by atoms with Crippen molar-refractivity contribution in [1.82, 2.24) is 15.1 Å². The van der Waals surface area contributed by atoms with Gasteiger partial charge in [0.05, 0.1) is 5.69 Å². The number of hydrogen-bond acceptors (Lipinski definition) is 6. The number of fused-ring (bicyclic) bond motifs is 3. The van der Waals surface area contributed by atoms with Crippen LogP contribution < -0.4 is 0 Å². The maximum absolute atomic E-state index is 4.86. The van der Waals surface area contributed by atoms with E-state index in [0.717, 1.165) is 21.3 Å². The van der Waals surface area contributed by atoms with E-state index in [1.165, 1.54) is 35.1 Å². The minimum absolute atomic E-state index is 0.785. The zero-order valence-electron chi connectivity index (χ0n) is 10.1. The van der Waals surface area contributed by atoms with Gasteiger partial charge in [-0.05, 0) is 24.8 Å². The van der Waals surface area contributed by atoms with E-state index in [-0.39, 0.29) is 0 Å². The molecule has 0 unspecified atom stereocenters. The highest BCUT2D eigenvalue weighted by atomic mass is 32.2. The predicted molar refractivity (Wildman–Crippen MR) is 75.5 cm³/mol. The summed E-state index contributed by atoms with van der Waals surface area (Å²) >= 11 is 3.54. The third kappa shape index (κ3) is 1.95. The molecule has 1 aliphatic rings. The number of thiophene rings is 1. The summed E-state index contributed by atoms with van der Waals surface area (Å²) < 4.78 is 4.86. The summed E-state index contributed by atoms with van der Waals surface area (Å²) in [6.07, 6.45) is 6.90. The summed E-state index contributed by atoms with van der Waals surface area (Å²) in [6.45, 7) is 0. The van der Waals surface area contributed by atoms with E-state index in [0.29, 0.717) is 0 Å². The Labute approximate surface area is 118 Å². The van der Waals surface area contributed by atoms with Gasteiger partial charge in [0.15, 0.2) is 0 Å². The lowest BCUT2D eigenvalue weighted by Crippen LogP contribution is -1.88. The molecule has 0 radical (unpaired) electrons. The van der Waals surface area contributed by atoms with E-state index < -0.39 is 0 Å². The second-order valence-corrected chi connectivity index (χ2v) is 6.54. The van der Waals surface area contributed by atoms with Crippen LogP contribution in [0.15, 0.2) is 28.2 Å². The van der Waals surface area contributed by atoms with Crippen LogP contribution in [-0.2, 0) is 18.6 Å². The van der Waals surface area contributed by atoms with Crippen molar-refractivity contribution in [2.24, 2.45) is 0 Å². The summed E-state index contributed by atoms with van der Waals surface area (Å²) in [5, 5.41) is 6.28. The Hall–Kier alpha value is -1.40. The van der Waals surface area contributed by atoms with Crippen LogP contribution >= 0.6 is 23.1 Å². The SMILES string of the molecule is c1nc(SCc2ccon2)c2c3c(sc2n1)CCC3. The molecule has 0 spiro atoms. The van der Waals surface area contributed by atoms with E-state index in [1.807, 2.05) is 17.4 Å². The minimum Gasteiger partial charge on any atom is -0.364 e. The Morgan fingerprint density at radius 2 is 2.32 bits per heavy atom. The lowest BCUT2D eigenvalue weighted by Gasteiger charge is -2.01. The quantitative estimate of drug-likeness (QED) is 0.546. The van der Waals surface area contributed by atoms with Crippen molar-refractivity contribution in [3.63, 3.8) is 0 Å². The summed E-state index contributed by atoms with van der Waals surface area (Å²) in [6, 6.07) is 1.89. The van der Waals surface area contributed by atoms with Gasteiger partial charge in [0, 0.05) is 22.1 Å². The molecule has 0 saturated heterocycles. The number of hydrogen-bond donors (Lipinski definition) is 0. The van der Waals surface area contributed by atoms with Gasteiger partial charge >= 0.3 is 0 Å². The van der Waals surface area contributed by atoms with Gasteiger partial charge in [0.2, 0.25) is 0 Å². The second-order valence-electron chi connectivity index (χ2n) is 4.50. The minimum atomic E-state index is 0.785. The molecule has 6 heteroatoms. The molecule has 0 atom stereocenters. The molecule has 1 aliphatic carbocycles. The lowest BCUT2D eigenvalue weighted by molar-refractivity contribution is 0.414. The molecule has 19 heavy (non-hydrogen) atoms. The monoisotopic (exact) mass is 289 g/mol. The Kier molecular flexibility index (Phi) is 2.77. The Balaban J connectivity index is 1.73. The summed E-state index contributed by atoms with van der Waals surface area (Å²) in [5.74, 6) is 0.785. The van der Waals surface area contributed by atoms with Crippen molar-refractivity contribution in [2.75, 3.05) is 0 Å². The van der Waals surface area contributed by atoms with Crippen molar-refractivity contribution in [2.45, 2.75) is 30.0 Å². The Morgan fingerprint density at radius 1 is 1.32 bits per heavy atom. The van der Waals surface area contributed by atoms with Crippen molar-refractivity contribution in [3.05, 3.63) is 34.8 Å². The normalized spacial score (nSPS) is 14.1. The smallest absolute Gasteiger partial charge is 0.128 e. The van der Waals surface area contributed by atoms with Gasteiger partial charge in [-0.15, -0.1) is 11.3 Å². The highest BCUT2D eigenvalue weighted by Gasteiger charge is 2.21. The number of thioether (sulfide) groups is 1. The predicted octanol–water partition coefficient (Wildman–Crippen LogP) is 3.46. The summed E-state index contributed by atoms with van der Waals surface area (Å²) in [4.78, 5) is 11.5. The number of nitrogens with zero attached hydrogens (tertiary/aromatic N) is 3. The van der Waals surface area contributed by atoms with Gasteiger partial charge in [0.1, 0.15) is 22.4 Å². The molecular formula is C13H11N3OS2. The standard InChI is InChI=1S/C13H11N3OS2/c1-2-9-10(3-1)19-13-11(9)12(14-7-15-13)18-6-8-4-5-17-16-8/h4-5,7H,1-3,6H2. The van der Waals surface area contributed by atoms with E-state index in [2.05, 4.69) is 15.1 Å². The first kappa shape index (κ1) is 11.4. The van der Waals surface area contributed by atoms with Gasteiger partial charge < -0.3 is 4.52 Å². The fourth-order valence-corrected chi connectivity index (χ4v) is 4.68. The number of aromatic nitrogens is 3. The van der Waals surface area contributed by atoms with Gasteiger partial charge in [-0.1, -0.05) is 16.9 Å². The van der Waals surface area contributed by atoms with Crippen LogP contribution in [0.1, 0.15) is 22.6 Å².